The van der Waals surface area contributed by atoms with Crippen LogP contribution < -0.4 is 48.5 Å². The number of likely N-dealkylation sites (N-methyl/N-ethyl adjacent to an activating group) is 2. The molecular formula is C102H114N8O19S2. The van der Waals surface area contributed by atoms with Crippen molar-refractivity contribution in [3.63, 3.8) is 0 Å². The molecule has 18 rings (SSSR count). The van der Waals surface area contributed by atoms with E-state index in [1.54, 1.807) is 79.7 Å². The zero-order valence-corrected chi connectivity index (χ0v) is 78.0. The fourth-order valence-corrected chi connectivity index (χ4v) is 24.0. The van der Waals surface area contributed by atoms with E-state index in [0.29, 0.717) is 89.6 Å². The number of phenols is 2. The molecule has 2 fully saturated rings. The number of methoxy groups -OCH3 is 2. The second-order valence-corrected chi connectivity index (χ2v) is 38.9. The number of fused-ring (bicyclic) bond motifs is 24. The Morgan fingerprint density at radius 2 is 0.916 bits per heavy atom. The summed E-state index contributed by atoms with van der Waals surface area (Å²) in [4.78, 5) is 60.2. The molecule has 4 bridgehead atoms. The van der Waals surface area contributed by atoms with Gasteiger partial charge in [0.1, 0.15) is 66.7 Å². The SMILES string of the molecule is C=CCOc1c(C)c2c(c3c1CC1[C@H]4c5c(cc(C)c(OC)c5O)C[C@@H]([C@H](C#N)N1[C@H]3CO)N4C)OCO2.C=CCOc1c(C)c2c(c3c1CC1[C@H]4c5c(cc(C)c(OC)c5O)C[C@@H]([C@H](C#N)N1[C@H]3COC(=O)[C@@H](CSCC1c3ccccc3-c3ccccc31)NC(=O)OC(C)(C)C)N4C)OCO2.CC(C)(C)OC(=O)N[C@H](CSCC1c2ccccc2-c2ccccc21)C(=O)O. The lowest BCUT2D eigenvalue weighted by Gasteiger charge is -2.59. The number of nitriles is 2. The second kappa shape index (κ2) is 37.8. The number of carbonyl (C=O) groups excluding carboxylic acids is 3. The van der Waals surface area contributed by atoms with Gasteiger partial charge in [-0.15, -0.1) is 0 Å². The van der Waals surface area contributed by atoms with Crippen LogP contribution in [0.1, 0.15) is 167 Å². The maximum Gasteiger partial charge on any atom is 0.408 e. The number of carbonyl (C=O) groups is 4. The zero-order valence-electron chi connectivity index (χ0n) is 76.4. The average molecular weight is 1820 g/mol. The minimum absolute atomic E-state index is 0.0193. The van der Waals surface area contributed by atoms with Gasteiger partial charge in [-0.2, -0.15) is 34.0 Å². The lowest BCUT2D eigenvalue weighted by Crippen LogP contribution is -2.68. The summed E-state index contributed by atoms with van der Waals surface area (Å²) >= 11 is 3.08. The Bertz CT molecular complexity index is 5810. The normalized spacial score (nSPS) is 21.8. The van der Waals surface area contributed by atoms with E-state index in [1.165, 1.54) is 56.3 Å². The van der Waals surface area contributed by atoms with Crippen LogP contribution >= 0.6 is 23.5 Å². The number of aromatic hydroxyl groups is 2. The largest absolute Gasteiger partial charge is 0.504 e. The molecule has 2 saturated heterocycles. The first-order valence-electron chi connectivity index (χ1n) is 44.3. The molecule has 0 radical (unpaired) electrons. The quantitative estimate of drug-likeness (QED) is 0.0197. The van der Waals surface area contributed by atoms with Gasteiger partial charge in [0, 0.05) is 104 Å². The molecule has 0 saturated carbocycles. The summed E-state index contributed by atoms with van der Waals surface area (Å²) in [6.45, 7) is 26.2. The molecule has 8 heterocycles. The van der Waals surface area contributed by atoms with Crippen molar-refractivity contribution in [2.24, 2.45) is 0 Å². The standard InChI is InChI=1S/C51H56N4O9S.C29H33N3O6.C22H25NO4S/c1-9-18-60-46-28(3)47-48(63-26-62-47)42-34(46)21-38-43-41-29(19-27(2)45(59-8)44(41)56)20-37(54(43)7)39(22-52)55(38)40(42)23-61-49(57)36(53-50(58)64-51(4,5)6)25-65-24-35-32-16-12-10-14-30(32)31-15-11-13-17-33(31)35;1-6-7-36-27-15(3)28-29(38-13-37-28)23-17(27)10-19-24-22-16(8-14(2)26(35-5)25(22)34)9-18(31(24)4)20(11-30)32(19)21(23)12-33;1-22(2,3)27-21(26)23-19(20(24)25)13-28-12-18-16-10-6-4-8-14(16)15-9-5-7-11-17(15)18/h9-17,19,35-40,43,56H,1,18,20-21,23-26H2,2-8H3,(H,53,58);6,8,18-21,24,33-34H,1,7,9-10,12-13H2,2-5H3;4-11,18-19H,12-13H2,1-3H3,(H,23,26)(H,24,25)/t36-,37+,38?,39+,40+,43+;18-,19?,20-,21-,24-;19-/m101/s1. The van der Waals surface area contributed by atoms with Gasteiger partial charge < -0.3 is 83.2 Å². The molecule has 8 aromatic rings. The third kappa shape index (κ3) is 17.1. The Balaban J connectivity index is 0.000000160. The number of nitrogens with zero attached hydrogens (tertiary/aromatic N) is 6. The number of benzene rings is 8. The average Bonchev–Trinajstić information content (AvgIpc) is 1.30. The number of carboxylic acid groups (broad SMARTS) is 1. The molecule has 2 unspecified atom stereocenters. The molecule has 10 aliphatic rings. The zero-order chi connectivity index (χ0) is 93.1. The van der Waals surface area contributed by atoms with Crippen molar-refractivity contribution in [2.75, 3.05) is 91.3 Å². The number of carboxylic acids is 1. The maximum absolute atomic E-state index is 14.7. The second-order valence-electron chi connectivity index (χ2n) is 36.8. The topological polar surface area (TPSA) is 335 Å². The summed E-state index contributed by atoms with van der Waals surface area (Å²) in [5.74, 6) is 5.16. The molecule has 8 aliphatic heterocycles. The Kier molecular flexibility index (Phi) is 26.7. The number of hydrogen-bond donors (Lipinski definition) is 6. The number of amides is 2. The summed E-state index contributed by atoms with van der Waals surface area (Å²) in [7, 11) is 7.14. The van der Waals surface area contributed by atoms with Crippen molar-refractivity contribution in [3.05, 3.63) is 224 Å². The maximum atomic E-state index is 14.7. The van der Waals surface area contributed by atoms with Crippen molar-refractivity contribution in [1.82, 2.24) is 30.2 Å². The number of thioether (sulfide) groups is 2. The Morgan fingerprint density at radius 3 is 1.29 bits per heavy atom. The number of hydrogen-bond acceptors (Lipinski definition) is 26. The summed E-state index contributed by atoms with van der Waals surface area (Å²) in [6.07, 6.45) is 3.97. The number of ether oxygens (including phenoxy) is 11. The van der Waals surface area contributed by atoms with Gasteiger partial charge in [0.2, 0.25) is 13.6 Å². The molecule has 688 valence electrons. The molecule has 8 aromatic carbocycles. The van der Waals surface area contributed by atoms with Gasteiger partial charge in [-0.25, -0.2) is 19.2 Å². The number of piperazine rings is 2. The number of nitrogens with one attached hydrogen (secondary N) is 2. The van der Waals surface area contributed by atoms with E-state index in [-0.39, 0.29) is 92.4 Å². The molecule has 0 spiro atoms. The Morgan fingerprint density at radius 1 is 0.542 bits per heavy atom. The van der Waals surface area contributed by atoms with Crippen molar-refractivity contribution >= 4 is 47.6 Å². The van der Waals surface area contributed by atoms with Crippen LogP contribution in [0, 0.1) is 50.4 Å². The van der Waals surface area contributed by atoms with Crippen LogP contribution in [0.3, 0.4) is 0 Å². The van der Waals surface area contributed by atoms with Crippen LogP contribution in [-0.2, 0) is 49.5 Å². The van der Waals surface area contributed by atoms with Crippen molar-refractivity contribution in [3.8, 4) is 91.9 Å². The number of phenolic OH excluding ortho intramolecular Hbond substituents is 2. The number of esters is 1. The Hall–Kier alpha value is -11.8. The highest BCUT2D eigenvalue weighted by Crippen LogP contribution is 2.62. The molecule has 0 aromatic heterocycles. The van der Waals surface area contributed by atoms with Crippen LogP contribution in [0.2, 0.25) is 0 Å². The smallest absolute Gasteiger partial charge is 0.408 e. The lowest BCUT2D eigenvalue weighted by atomic mass is 9.71. The predicted molar refractivity (Wildman–Crippen MR) is 498 cm³/mol. The van der Waals surface area contributed by atoms with E-state index in [9.17, 15) is 50.1 Å². The van der Waals surface area contributed by atoms with E-state index >= 15 is 0 Å². The van der Waals surface area contributed by atoms with Crippen molar-refractivity contribution in [1.29, 1.82) is 10.5 Å². The highest BCUT2D eigenvalue weighted by molar-refractivity contribution is 7.99. The minimum Gasteiger partial charge on any atom is -0.504 e. The highest BCUT2D eigenvalue weighted by atomic mass is 32.2. The van der Waals surface area contributed by atoms with Gasteiger partial charge >= 0.3 is 24.1 Å². The molecule has 2 aliphatic carbocycles. The van der Waals surface area contributed by atoms with Gasteiger partial charge in [0.15, 0.2) is 46.0 Å². The van der Waals surface area contributed by atoms with E-state index in [4.69, 9.17) is 52.1 Å². The first-order valence-corrected chi connectivity index (χ1v) is 46.7. The van der Waals surface area contributed by atoms with Crippen molar-refractivity contribution in [2.45, 2.75) is 190 Å². The first kappa shape index (κ1) is 92.5. The molecule has 2 amide bonds. The lowest BCUT2D eigenvalue weighted by molar-refractivity contribution is -0.151. The number of rotatable bonds is 23. The Labute approximate surface area is 772 Å². The number of aliphatic carboxylic acids is 1. The molecule has 6 N–H and O–H groups in total. The van der Waals surface area contributed by atoms with Crippen LogP contribution in [0.4, 0.5) is 9.59 Å². The molecular weight excluding hydrogens is 1710 g/mol. The van der Waals surface area contributed by atoms with Crippen LogP contribution in [0.25, 0.3) is 22.3 Å². The predicted octanol–water partition coefficient (Wildman–Crippen LogP) is 15.6. The fraction of sp³-hybridized carbons (Fsp3) is 0.431. The van der Waals surface area contributed by atoms with Crippen LogP contribution in [-0.4, -0.2) is 215 Å². The number of aliphatic hydroxyl groups excluding tert-OH is 1. The third-order valence-electron chi connectivity index (χ3n) is 26.8. The van der Waals surface area contributed by atoms with Gasteiger partial charge in [-0.1, -0.05) is 135 Å². The number of aliphatic hydroxyl groups is 1. The minimum atomic E-state index is -1.08. The van der Waals surface area contributed by atoms with E-state index in [2.05, 4.69) is 116 Å². The van der Waals surface area contributed by atoms with Gasteiger partial charge in [0.05, 0.1) is 57.1 Å². The summed E-state index contributed by atoms with van der Waals surface area (Å²) in [5, 5.41) is 70.7. The van der Waals surface area contributed by atoms with Crippen LogP contribution in [0.15, 0.2) is 135 Å². The molecule has 12 atom stereocenters. The van der Waals surface area contributed by atoms with Crippen molar-refractivity contribution < 1.29 is 91.7 Å². The summed E-state index contributed by atoms with van der Waals surface area (Å²) < 4.78 is 65.4. The molecule has 29 heteroatoms. The number of alkyl carbamates (subject to hydrolysis) is 2. The highest BCUT2D eigenvalue weighted by Gasteiger charge is 2.60. The molecule has 131 heavy (non-hydrogen) atoms. The van der Waals surface area contributed by atoms with E-state index < -0.39 is 83.7 Å². The molecule has 27 nitrogen and oxygen atoms in total. The fourth-order valence-electron chi connectivity index (χ4n) is 21.7. The monoisotopic (exact) mass is 1820 g/mol. The number of aryl methyl sites for hydroxylation is 2. The third-order valence-corrected chi connectivity index (χ3v) is 29.1. The van der Waals surface area contributed by atoms with Gasteiger partial charge in [-0.05, 0) is 176 Å². The summed E-state index contributed by atoms with van der Waals surface area (Å²) in [5.41, 5.74) is 18.5. The van der Waals surface area contributed by atoms with E-state index in [0.717, 1.165) is 67.0 Å². The summed E-state index contributed by atoms with van der Waals surface area (Å²) in [6, 6.07) is 36.7. The first-order chi connectivity index (χ1) is 62.9. The van der Waals surface area contributed by atoms with Gasteiger partial charge in [-0.3, -0.25) is 19.6 Å². The van der Waals surface area contributed by atoms with Crippen LogP contribution in [0.5, 0.6) is 57.5 Å². The van der Waals surface area contributed by atoms with E-state index in [1.807, 2.05) is 90.3 Å². The van der Waals surface area contributed by atoms with Gasteiger partial charge in [0.25, 0.3) is 0 Å².